The minimum Gasteiger partial charge on any atom is -0.500 e. The summed E-state index contributed by atoms with van der Waals surface area (Å²) in [5.74, 6) is -0.990. The summed E-state index contributed by atoms with van der Waals surface area (Å²) in [4.78, 5) is 22.0. The Labute approximate surface area is 111 Å². The van der Waals surface area contributed by atoms with Gasteiger partial charge in [-0.1, -0.05) is 11.8 Å². The predicted octanol–water partition coefficient (Wildman–Crippen LogP) is 1.30. The van der Waals surface area contributed by atoms with E-state index in [2.05, 4.69) is 4.74 Å². The Morgan fingerprint density at radius 2 is 1.83 bits per heavy atom. The minimum atomic E-state index is -0.636. The van der Waals surface area contributed by atoms with Crippen LogP contribution in [0.4, 0.5) is 0 Å². The smallest absolute Gasteiger partial charge is 0.344 e. The lowest BCUT2D eigenvalue weighted by Gasteiger charge is -2.03. The molecule has 0 heterocycles. The van der Waals surface area contributed by atoms with Crippen LogP contribution in [0.2, 0.25) is 0 Å². The molecule has 6 nitrogen and oxygen atoms in total. The molecule has 0 unspecified atom stereocenters. The van der Waals surface area contributed by atoms with E-state index >= 15 is 0 Å². The normalized spacial score (nSPS) is 9.89. The lowest BCUT2D eigenvalue weighted by atomic mass is 10.2. The topological polar surface area (TPSA) is 102 Å². The number of carbonyl (C=O) groups is 2. The van der Waals surface area contributed by atoms with E-state index in [0.29, 0.717) is 6.61 Å². The zero-order valence-electron chi connectivity index (χ0n) is 11.1. The molecule has 0 saturated carbocycles. The van der Waals surface area contributed by atoms with Crippen LogP contribution in [-0.4, -0.2) is 36.4 Å². The molecule has 0 rings (SSSR count). The Morgan fingerprint density at radius 1 is 1.33 bits per heavy atom. The number of hydrogen-bond donors (Lipinski definition) is 2. The average Bonchev–Trinajstić information content (AvgIpc) is 2.30. The van der Waals surface area contributed by atoms with Gasteiger partial charge < -0.3 is 15.2 Å². The largest absolute Gasteiger partial charge is 0.500 e. The Kier molecular flexibility index (Phi) is 12.5. The van der Waals surface area contributed by atoms with Crippen LogP contribution in [0.1, 0.15) is 20.8 Å². The average molecular weight is 276 g/mol. The zero-order valence-corrected chi connectivity index (χ0v) is 11.9. The molecule has 0 aliphatic rings. The van der Waals surface area contributed by atoms with Gasteiger partial charge in [0.15, 0.2) is 11.0 Å². The molecule has 3 N–H and O–H groups in total. The maximum absolute atomic E-state index is 11.1. The van der Waals surface area contributed by atoms with Crippen LogP contribution in [-0.2, 0) is 19.1 Å². The number of ether oxygens (including phenoxy) is 2. The van der Waals surface area contributed by atoms with Gasteiger partial charge in [0.2, 0.25) is 0 Å². The number of nitrogens with one attached hydrogen (secondary N) is 1. The van der Waals surface area contributed by atoms with Gasteiger partial charge in [-0.05, 0) is 27.0 Å². The molecule has 0 aromatic carbocycles. The molecule has 7 heteroatoms. The fourth-order valence-corrected chi connectivity index (χ4v) is 0.650. The van der Waals surface area contributed by atoms with E-state index in [1.165, 1.54) is 18.7 Å². The maximum atomic E-state index is 11.1. The lowest BCUT2D eigenvalue weighted by molar-refractivity contribution is -0.140. The number of Topliss-reactive ketones (excluding diaryl/α,β-unsaturated/α-hetero) is 1. The summed E-state index contributed by atoms with van der Waals surface area (Å²) in [6.45, 7) is 5.39. The first-order chi connectivity index (χ1) is 8.40. The Bertz CT molecular complexity index is 316. The molecule has 0 spiro atoms. The summed E-state index contributed by atoms with van der Waals surface area (Å²) in [7, 11) is 0. The van der Waals surface area contributed by atoms with Crippen molar-refractivity contribution in [3.05, 3.63) is 11.8 Å². The first kappa shape index (κ1) is 18.9. The van der Waals surface area contributed by atoms with Crippen molar-refractivity contribution in [3.8, 4) is 0 Å². The number of thioether (sulfide) groups is 1. The van der Waals surface area contributed by atoms with Crippen molar-refractivity contribution in [2.75, 3.05) is 19.5 Å². The van der Waals surface area contributed by atoms with Gasteiger partial charge in [-0.25, -0.2) is 4.79 Å². The number of ketones is 1. The van der Waals surface area contributed by atoms with Crippen molar-refractivity contribution in [2.24, 2.45) is 5.73 Å². The molecule has 104 valence electrons. The van der Waals surface area contributed by atoms with Crippen LogP contribution >= 0.6 is 11.8 Å². The molecule has 0 radical (unpaired) electrons. The van der Waals surface area contributed by atoms with E-state index in [-0.39, 0.29) is 23.1 Å². The van der Waals surface area contributed by atoms with Crippen molar-refractivity contribution in [2.45, 2.75) is 20.8 Å². The standard InChI is InChI=1S/C9H14O4.C2H6N2S/c1-4-12-6-8(7(3)10)9(11)13-5-2;1-5-2(3)4/h6H,4-5H2,1-3H3;1H3,(H3,3,4)/b8-6-;. The first-order valence-electron chi connectivity index (χ1n) is 5.28. The molecule has 0 aliphatic heterocycles. The summed E-state index contributed by atoms with van der Waals surface area (Å²) in [6, 6.07) is 0. The van der Waals surface area contributed by atoms with E-state index in [0.717, 1.165) is 6.26 Å². The molecule has 18 heavy (non-hydrogen) atoms. The molecular weight excluding hydrogens is 256 g/mol. The van der Waals surface area contributed by atoms with E-state index in [9.17, 15) is 9.59 Å². The second-order valence-electron chi connectivity index (χ2n) is 2.83. The van der Waals surface area contributed by atoms with Crippen LogP contribution in [0.15, 0.2) is 11.8 Å². The van der Waals surface area contributed by atoms with Crippen LogP contribution in [0.25, 0.3) is 0 Å². The van der Waals surface area contributed by atoms with Gasteiger partial charge in [0.25, 0.3) is 0 Å². The molecule has 0 aromatic rings. The Hall–Kier alpha value is -1.50. The van der Waals surface area contributed by atoms with E-state index in [1.54, 1.807) is 20.1 Å². The van der Waals surface area contributed by atoms with Gasteiger partial charge in [0, 0.05) is 0 Å². The summed E-state index contributed by atoms with van der Waals surface area (Å²) < 4.78 is 9.50. The second kappa shape index (κ2) is 12.0. The van der Waals surface area contributed by atoms with Crippen molar-refractivity contribution < 1.29 is 19.1 Å². The maximum Gasteiger partial charge on any atom is 0.344 e. The number of carbonyl (C=O) groups excluding carboxylic acids is 2. The third-order valence-electron chi connectivity index (χ3n) is 1.46. The summed E-state index contributed by atoms with van der Waals surface area (Å²) in [5, 5.41) is 6.66. The molecule has 0 aliphatic carbocycles. The van der Waals surface area contributed by atoms with Gasteiger partial charge in [0.05, 0.1) is 13.2 Å². The van der Waals surface area contributed by atoms with Gasteiger partial charge >= 0.3 is 5.97 Å². The van der Waals surface area contributed by atoms with Crippen molar-refractivity contribution in [3.63, 3.8) is 0 Å². The summed E-state index contributed by atoms with van der Waals surface area (Å²) in [6.07, 6.45) is 2.91. The third-order valence-corrected chi connectivity index (χ3v) is 1.90. The van der Waals surface area contributed by atoms with Gasteiger partial charge in [-0.3, -0.25) is 10.2 Å². The van der Waals surface area contributed by atoms with Gasteiger partial charge in [0.1, 0.15) is 11.8 Å². The highest BCUT2D eigenvalue weighted by molar-refractivity contribution is 8.13. The van der Waals surface area contributed by atoms with Crippen LogP contribution in [0, 0.1) is 5.41 Å². The molecule has 0 aromatic heterocycles. The molecule has 0 amide bonds. The number of hydrogen-bond acceptors (Lipinski definition) is 6. The highest BCUT2D eigenvalue weighted by Gasteiger charge is 2.15. The van der Waals surface area contributed by atoms with Crippen LogP contribution < -0.4 is 5.73 Å². The molecular formula is C11H20N2O4S. The SMILES string of the molecule is CCO/C=C(/C(C)=O)C(=O)OCC.CSC(=N)N. The minimum absolute atomic E-state index is 0.0521. The van der Waals surface area contributed by atoms with Gasteiger partial charge in [-0.2, -0.15) is 0 Å². The lowest BCUT2D eigenvalue weighted by Crippen LogP contribution is -2.14. The Balaban J connectivity index is 0. The second-order valence-corrected chi connectivity index (χ2v) is 3.68. The monoisotopic (exact) mass is 276 g/mol. The van der Waals surface area contributed by atoms with Gasteiger partial charge in [-0.15, -0.1) is 0 Å². The quantitative estimate of drug-likeness (QED) is 0.149. The number of esters is 1. The number of rotatable bonds is 5. The molecule has 0 saturated heterocycles. The van der Waals surface area contributed by atoms with Crippen LogP contribution in [0.5, 0.6) is 0 Å². The predicted molar refractivity (Wildman–Crippen MR) is 72.5 cm³/mol. The summed E-state index contributed by atoms with van der Waals surface area (Å²) in [5.41, 5.74) is 4.79. The number of amidine groups is 1. The highest BCUT2D eigenvalue weighted by atomic mass is 32.2. The highest BCUT2D eigenvalue weighted by Crippen LogP contribution is 2.00. The number of nitrogens with two attached hydrogens (primary N) is 1. The molecule has 0 bridgehead atoms. The summed E-state index contributed by atoms with van der Waals surface area (Å²) >= 11 is 1.24. The fraction of sp³-hybridized carbons (Fsp3) is 0.545. The molecule has 0 atom stereocenters. The third kappa shape index (κ3) is 11.0. The molecule has 0 fully saturated rings. The first-order valence-corrected chi connectivity index (χ1v) is 6.50. The van der Waals surface area contributed by atoms with E-state index < -0.39 is 5.97 Å². The Morgan fingerprint density at radius 3 is 2.11 bits per heavy atom. The van der Waals surface area contributed by atoms with Crippen LogP contribution in [0.3, 0.4) is 0 Å². The van der Waals surface area contributed by atoms with Crippen molar-refractivity contribution >= 4 is 28.7 Å². The fourth-order valence-electron chi connectivity index (χ4n) is 0.650. The van der Waals surface area contributed by atoms with Crippen molar-refractivity contribution in [1.29, 1.82) is 5.41 Å². The zero-order chi connectivity index (χ0) is 14.6. The van der Waals surface area contributed by atoms with E-state index in [1.807, 2.05) is 0 Å². The van der Waals surface area contributed by atoms with E-state index in [4.69, 9.17) is 15.9 Å². The van der Waals surface area contributed by atoms with Crippen molar-refractivity contribution in [1.82, 2.24) is 0 Å².